The number of carbonyl (C=O) groups is 1. The number of hydrogen-bond donors (Lipinski definition) is 0. The molecule has 0 bridgehead atoms. The van der Waals surface area contributed by atoms with E-state index >= 15 is 0 Å². The number of anilines is 1. The molecule has 134 valence electrons. The highest BCUT2D eigenvalue weighted by Gasteiger charge is 2.31. The molecular formula is C17H24N6O2. The maximum absolute atomic E-state index is 12.8. The Kier molecular flexibility index (Phi) is 4.61. The van der Waals surface area contributed by atoms with E-state index in [0.717, 1.165) is 23.6 Å². The van der Waals surface area contributed by atoms with Gasteiger partial charge in [-0.05, 0) is 13.8 Å². The van der Waals surface area contributed by atoms with Crippen molar-refractivity contribution < 1.29 is 9.53 Å². The van der Waals surface area contributed by atoms with E-state index in [-0.39, 0.29) is 12.0 Å². The highest BCUT2D eigenvalue weighted by molar-refractivity contribution is 5.96. The van der Waals surface area contributed by atoms with Gasteiger partial charge in [-0.25, -0.2) is 0 Å². The quantitative estimate of drug-likeness (QED) is 0.829. The third kappa shape index (κ3) is 3.42. The molecule has 0 aliphatic carbocycles. The number of likely N-dealkylation sites (tertiary alicyclic amines) is 1. The zero-order valence-corrected chi connectivity index (χ0v) is 15.4. The Morgan fingerprint density at radius 3 is 2.72 bits per heavy atom. The molecule has 1 fully saturated rings. The standard InChI is InChI=1S/C17H24N6O2/c1-11-16(12(2)22(5)20-11)17(24)23-7-6-13(10-23)25-15-9-18-8-14(19-15)21(3)4/h8-9,13H,6-7,10H2,1-5H3. The summed E-state index contributed by atoms with van der Waals surface area (Å²) in [6, 6.07) is 0. The lowest BCUT2D eigenvalue weighted by atomic mass is 10.2. The van der Waals surface area contributed by atoms with Crippen LogP contribution in [0.15, 0.2) is 12.4 Å². The summed E-state index contributed by atoms with van der Waals surface area (Å²) in [6.45, 7) is 4.99. The summed E-state index contributed by atoms with van der Waals surface area (Å²) in [4.78, 5) is 25.1. The highest BCUT2D eigenvalue weighted by atomic mass is 16.5. The van der Waals surface area contributed by atoms with E-state index in [1.807, 2.05) is 44.8 Å². The van der Waals surface area contributed by atoms with E-state index in [0.29, 0.717) is 24.5 Å². The summed E-state index contributed by atoms with van der Waals surface area (Å²) in [6.07, 6.45) is 3.99. The van der Waals surface area contributed by atoms with Crippen molar-refractivity contribution in [2.45, 2.75) is 26.4 Å². The van der Waals surface area contributed by atoms with Gasteiger partial charge in [0.05, 0.1) is 30.2 Å². The molecule has 0 radical (unpaired) electrons. The van der Waals surface area contributed by atoms with Crippen molar-refractivity contribution in [3.05, 3.63) is 29.3 Å². The summed E-state index contributed by atoms with van der Waals surface area (Å²) in [5, 5.41) is 4.33. The van der Waals surface area contributed by atoms with Gasteiger partial charge < -0.3 is 14.5 Å². The highest BCUT2D eigenvalue weighted by Crippen LogP contribution is 2.22. The van der Waals surface area contributed by atoms with Crippen molar-refractivity contribution in [3.8, 4) is 5.88 Å². The summed E-state index contributed by atoms with van der Waals surface area (Å²) in [7, 11) is 5.66. The summed E-state index contributed by atoms with van der Waals surface area (Å²) < 4.78 is 7.68. The molecule has 1 unspecified atom stereocenters. The molecule has 3 rings (SSSR count). The van der Waals surface area contributed by atoms with Crippen LogP contribution in [-0.4, -0.2) is 63.8 Å². The molecule has 2 aromatic heterocycles. The smallest absolute Gasteiger partial charge is 0.257 e. The fourth-order valence-electron chi connectivity index (χ4n) is 3.03. The molecule has 25 heavy (non-hydrogen) atoms. The second-order valence-corrected chi connectivity index (χ2v) is 6.56. The molecule has 2 aromatic rings. The van der Waals surface area contributed by atoms with Crippen LogP contribution in [0.5, 0.6) is 5.88 Å². The molecule has 1 saturated heterocycles. The van der Waals surface area contributed by atoms with Crippen LogP contribution >= 0.6 is 0 Å². The Hall–Kier alpha value is -2.64. The summed E-state index contributed by atoms with van der Waals surface area (Å²) in [5.74, 6) is 1.24. The number of carbonyl (C=O) groups excluding carboxylic acids is 1. The number of nitrogens with zero attached hydrogens (tertiary/aromatic N) is 6. The Morgan fingerprint density at radius 2 is 2.08 bits per heavy atom. The predicted molar refractivity (Wildman–Crippen MR) is 94.0 cm³/mol. The minimum atomic E-state index is -0.0760. The van der Waals surface area contributed by atoms with Crippen LogP contribution < -0.4 is 9.64 Å². The second kappa shape index (κ2) is 6.70. The van der Waals surface area contributed by atoms with Crippen LogP contribution in [0.1, 0.15) is 28.2 Å². The van der Waals surface area contributed by atoms with E-state index in [4.69, 9.17) is 4.74 Å². The van der Waals surface area contributed by atoms with Gasteiger partial charge >= 0.3 is 0 Å². The van der Waals surface area contributed by atoms with Gasteiger partial charge in [0.1, 0.15) is 6.10 Å². The largest absolute Gasteiger partial charge is 0.471 e. The molecule has 1 aliphatic rings. The third-order valence-corrected chi connectivity index (χ3v) is 4.50. The number of aryl methyl sites for hydroxylation is 2. The lowest BCUT2D eigenvalue weighted by molar-refractivity contribution is 0.0769. The first-order valence-electron chi connectivity index (χ1n) is 8.32. The van der Waals surface area contributed by atoms with E-state index in [1.54, 1.807) is 17.1 Å². The predicted octanol–water partition coefficient (Wildman–Crippen LogP) is 1.19. The topological polar surface area (TPSA) is 76.4 Å². The minimum Gasteiger partial charge on any atom is -0.471 e. The van der Waals surface area contributed by atoms with Gasteiger partial charge in [-0.1, -0.05) is 0 Å². The van der Waals surface area contributed by atoms with Gasteiger partial charge in [-0.15, -0.1) is 0 Å². The van der Waals surface area contributed by atoms with Crippen LogP contribution in [0.2, 0.25) is 0 Å². The Bertz CT molecular complexity index is 785. The molecule has 1 aliphatic heterocycles. The Labute approximate surface area is 147 Å². The summed E-state index contributed by atoms with van der Waals surface area (Å²) >= 11 is 0. The first-order chi connectivity index (χ1) is 11.9. The second-order valence-electron chi connectivity index (χ2n) is 6.56. The maximum Gasteiger partial charge on any atom is 0.257 e. The van der Waals surface area contributed by atoms with Crippen molar-refractivity contribution in [2.75, 3.05) is 32.1 Å². The fraction of sp³-hybridized carbons (Fsp3) is 0.529. The van der Waals surface area contributed by atoms with Crippen LogP contribution in [-0.2, 0) is 7.05 Å². The molecule has 0 aromatic carbocycles. The number of amides is 1. The number of rotatable bonds is 4. The van der Waals surface area contributed by atoms with Crippen LogP contribution in [0.4, 0.5) is 5.82 Å². The van der Waals surface area contributed by atoms with E-state index < -0.39 is 0 Å². The lowest BCUT2D eigenvalue weighted by Gasteiger charge is -2.18. The van der Waals surface area contributed by atoms with Crippen molar-refractivity contribution in [1.29, 1.82) is 0 Å². The summed E-state index contributed by atoms with van der Waals surface area (Å²) in [5.41, 5.74) is 2.34. The molecule has 8 nitrogen and oxygen atoms in total. The van der Waals surface area contributed by atoms with Crippen molar-refractivity contribution in [3.63, 3.8) is 0 Å². The average molecular weight is 344 g/mol. The van der Waals surface area contributed by atoms with Crippen LogP contribution in [0, 0.1) is 13.8 Å². The van der Waals surface area contributed by atoms with Crippen LogP contribution in [0.3, 0.4) is 0 Å². The number of hydrogen-bond acceptors (Lipinski definition) is 6. The Morgan fingerprint density at radius 1 is 1.32 bits per heavy atom. The number of ether oxygens (including phenoxy) is 1. The molecule has 0 saturated carbocycles. The lowest BCUT2D eigenvalue weighted by Crippen LogP contribution is -2.31. The first kappa shape index (κ1) is 17.2. The van der Waals surface area contributed by atoms with Gasteiger partial charge in [0.15, 0.2) is 5.82 Å². The molecule has 3 heterocycles. The van der Waals surface area contributed by atoms with Crippen molar-refractivity contribution >= 4 is 11.7 Å². The van der Waals surface area contributed by atoms with E-state index in [2.05, 4.69) is 15.1 Å². The Balaban J connectivity index is 1.67. The molecular weight excluding hydrogens is 320 g/mol. The van der Waals surface area contributed by atoms with Crippen molar-refractivity contribution in [2.24, 2.45) is 7.05 Å². The zero-order valence-electron chi connectivity index (χ0n) is 15.4. The molecule has 0 spiro atoms. The van der Waals surface area contributed by atoms with Gasteiger partial charge in [0.2, 0.25) is 5.88 Å². The number of aromatic nitrogens is 4. The monoisotopic (exact) mass is 344 g/mol. The fourth-order valence-corrected chi connectivity index (χ4v) is 3.03. The first-order valence-corrected chi connectivity index (χ1v) is 8.32. The van der Waals surface area contributed by atoms with Gasteiger partial charge in [-0.2, -0.15) is 10.1 Å². The van der Waals surface area contributed by atoms with Gasteiger partial charge in [0, 0.05) is 39.8 Å². The van der Waals surface area contributed by atoms with Crippen LogP contribution in [0.25, 0.3) is 0 Å². The maximum atomic E-state index is 12.8. The molecule has 0 N–H and O–H groups in total. The average Bonchev–Trinajstić information content (AvgIpc) is 3.12. The zero-order chi connectivity index (χ0) is 18.1. The normalized spacial score (nSPS) is 17.0. The van der Waals surface area contributed by atoms with E-state index in [1.165, 1.54) is 0 Å². The van der Waals surface area contributed by atoms with Gasteiger partial charge in [-0.3, -0.25) is 14.5 Å². The molecule has 1 amide bonds. The third-order valence-electron chi connectivity index (χ3n) is 4.50. The van der Waals surface area contributed by atoms with Crippen molar-refractivity contribution in [1.82, 2.24) is 24.6 Å². The van der Waals surface area contributed by atoms with E-state index in [9.17, 15) is 4.79 Å². The SMILES string of the molecule is Cc1nn(C)c(C)c1C(=O)N1CCC(Oc2cncc(N(C)C)n2)C1. The molecule has 8 heteroatoms. The molecule has 1 atom stereocenters. The van der Waals surface area contributed by atoms with Gasteiger partial charge in [0.25, 0.3) is 5.91 Å². The minimum absolute atomic E-state index is 0.0160.